The topological polar surface area (TPSA) is 164 Å². The van der Waals surface area contributed by atoms with Gasteiger partial charge in [0.15, 0.2) is 0 Å². The summed E-state index contributed by atoms with van der Waals surface area (Å²) in [6.45, 7) is 5.55. The van der Waals surface area contributed by atoms with Gasteiger partial charge in [0.2, 0.25) is 11.8 Å². The number of fused-ring (bicyclic) bond motifs is 1. The molecule has 13 nitrogen and oxygen atoms in total. The second kappa shape index (κ2) is 17.6. The molecule has 1 atom stereocenters. The third-order valence-electron chi connectivity index (χ3n) is 11.2. The van der Waals surface area contributed by atoms with Gasteiger partial charge in [0, 0.05) is 68.2 Å². The molecule has 4 aliphatic rings. The first-order valence-electron chi connectivity index (χ1n) is 19.5. The van der Waals surface area contributed by atoms with Gasteiger partial charge in [-0.15, -0.1) is 0 Å². The summed E-state index contributed by atoms with van der Waals surface area (Å²) < 4.78 is 6.09. The second-order valence-electron chi connectivity index (χ2n) is 14.9. The maximum atomic E-state index is 13.1. The van der Waals surface area contributed by atoms with Gasteiger partial charge in [-0.2, -0.15) is 5.26 Å². The van der Waals surface area contributed by atoms with Crippen molar-refractivity contribution >= 4 is 52.5 Å². The SMILES string of the molecule is N#Cc1ccc(O[C@H]2CC[C@H](NC(=O)c3ccc(N4CCN(CCCCCNc5ccc6c(c5)C(=O)N(C5CCC(=O)NC5=O)C6=O)CC4)cc3)CC2)cc1Cl. The molecule has 0 radical (unpaired) electrons. The van der Waals surface area contributed by atoms with Gasteiger partial charge in [0.1, 0.15) is 17.9 Å². The second-order valence-corrected chi connectivity index (χ2v) is 15.3. The molecule has 3 aromatic carbocycles. The zero-order valence-corrected chi connectivity index (χ0v) is 32.0. The van der Waals surface area contributed by atoms with Gasteiger partial charge >= 0.3 is 0 Å². The van der Waals surface area contributed by atoms with Crippen LogP contribution in [-0.2, 0) is 9.59 Å². The number of hydrogen-bond acceptors (Lipinski definition) is 10. The minimum Gasteiger partial charge on any atom is -0.490 e. The van der Waals surface area contributed by atoms with Crippen molar-refractivity contribution in [2.75, 3.05) is 49.5 Å². The lowest BCUT2D eigenvalue weighted by Crippen LogP contribution is -2.54. The third kappa shape index (κ3) is 8.98. The number of halogens is 1. The number of imide groups is 2. The molecule has 3 N–H and O–H groups in total. The van der Waals surface area contributed by atoms with Crippen molar-refractivity contribution in [3.05, 3.63) is 87.9 Å². The number of piperazine rings is 1. The summed E-state index contributed by atoms with van der Waals surface area (Å²) in [5, 5.41) is 18.2. The van der Waals surface area contributed by atoms with Crippen LogP contribution in [0, 0.1) is 11.3 Å². The summed E-state index contributed by atoms with van der Waals surface area (Å²) >= 11 is 6.14. The van der Waals surface area contributed by atoms with Crippen molar-refractivity contribution in [1.82, 2.24) is 20.4 Å². The maximum Gasteiger partial charge on any atom is 0.262 e. The van der Waals surface area contributed by atoms with E-state index in [2.05, 4.69) is 31.8 Å². The van der Waals surface area contributed by atoms with Gasteiger partial charge in [-0.1, -0.05) is 18.0 Å². The molecule has 2 saturated heterocycles. The van der Waals surface area contributed by atoms with E-state index in [0.717, 1.165) is 100 Å². The zero-order valence-electron chi connectivity index (χ0n) is 31.2. The molecular weight excluding hydrogens is 734 g/mol. The van der Waals surface area contributed by atoms with E-state index in [4.69, 9.17) is 21.6 Å². The van der Waals surface area contributed by atoms with Crippen LogP contribution in [-0.4, -0.2) is 96.8 Å². The molecule has 292 valence electrons. The van der Waals surface area contributed by atoms with Gasteiger partial charge in [-0.25, -0.2) is 0 Å². The van der Waals surface area contributed by atoms with E-state index in [9.17, 15) is 24.0 Å². The Bertz CT molecular complexity index is 2020. The van der Waals surface area contributed by atoms with Crippen molar-refractivity contribution in [2.45, 2.75) is 76.0 Å². The Balaban J connectivity index is 0.767. The third-order valence-corrected chi connectivity index (χ3v) is 11.5. The van der Waals surface area contributed by atoms with E-state index >= 15 is 0 Å². The quantitative estimate of drug-likeness (QED) is 0.156. The number of carbonyl (C=O) groups excluding carboxylic acids is 5. The number of amides is 5. The largest absolute Gasteiger partial charge is 0.490 e. The number of benzene rings is 3. The number of unbranched alkanes of at least 4 members (excludes halogenated alkanes) is 2. The number of piperidine rings is 1. The van der Waals surface area contributed by atoms with Crippen LogP contribution in [0.25, 0.3) is 0 Å². The normalized spacial score (nSPS) is 21.3. The van der Waals surface area contributed by atoms with Crippen molar-refractivity contribution in [3.8, 4) is 11.8 Å². The minimum atomic E-state index is -0.972. The predicted octanol–water partition coefficient (Wildman–Crippen LogP) is 5.14. The van der Waals surface area contributed by atoms with Crippen LogP contribution in [0.4, 0.5) is 11.4 Å². The first-order valence-corrected chi connectivity index (χ1v) is 19.9. The number of nitriles is 1. The van der Waals surface area contributed by atoms with Crippen molar-refractivity contribution in [1.29, 1.82) is 5.26 Å². The number of hydrogen-bond donors (Lipinski definition) is 3. The Hall–Kier alpha value is -5.45. The van der Waals surface area contributed by atoms with Crippen LogP contribution in [0.1, 0.15) is 94.4 Å². The van der Waals surface area contributed by atoms with Gasteiger partial charge in [0.25, 0.3) is 17.7 Å². The molecule has 3 aromatic rings. The van der Waals surface area contributed by atoms with Gasteiger partial charge in [0.05, 0.1) is 27.8 Å². The van der Waals surface area contributed by atoms with Crippen molar-refractivity contribution in [2.24, 2.45) is 0 Å². The zero-order chi connectivity index (χ0) is 39.2. The van der Waals surface area contributed by atoms with Crippen LogP contribution in [0.5, 0.6) is 5.75 Å². The van der Waals surface area contributed by atoms with E-state index in [1.807, 2.05) is 24.3 Å². The molecule has 0 bridgehead atoms. The number of carbonyl (C=O) groups is 5. The fraction of sp³-hybridized carbons (Fsp3) is 0.429. The van der Waals surface area contributed by atoms with Gasteiger partial charge < -0.3 is 20.3 Å². The summed E-state index contributed by atoms with van der Waals surface area (Å²) in [6, 6.07) is 19.3. The van der Waals surface area contributed by atoms with E-state index in [0.29, 0.717) is 21.9 Å². The lowest BCUT2D eigenvalue weighted by atomic mass is 9.92. The van der Waals surface area contributed by atoms with Crippen LogP contribution in [0.3, 0.4) is 0 Å². The average molecular weight is 780 g/mol. The highest BCUT2D eigenvalue weighted by Crippen LogP contribution is 2.30. The Kier molecular flexibility index (Phi) is 12.2. The first-order chi connectivity index (χ1) is 27.2. The summed E-state index contributed by atoms with van der Waals surface area (Å²) in [4.78, 5) is 68.8. The maximum absolute atomic E-state index is 13.1. The lowest BCUT2D eigenvalue weighted by Gasteiger charge is -2.36. The predicted molar refractivity (Wildman–Crippen MR) is 211 cm³/mol. The van der Waals surface area contributed by atoms with Crippen molar-refractivity contribution in [3.63, 3.8) is 0 Å². The standard InChI is InChI=1S/C42H46ClN7O6/c43-36-25-33(12-6-28(36)26-44)56-32-13-7-29(8-14-32)46-39(52)27-4-10-31(11-5-27)49-22-20-48(21-23-49)19-3-1-2-18-45-30-9-15-34-35(24-30)42(55)50(41(34)54)37-16-17-38(51)47-40(37)53/h4-6,9-12,15,24-25,29,32,37,45H,1-3,7-8,13-14,16-23H2,(H,46,52)(H,47,51,53)/t29-,32-,37?. The molecule has 56 heavy (non-hydrogen) atoms. The summed E-state index contributed by atoms with van der Waals surface area (Å²) in [5.41, 5.74) is 3.50. The molecule has 1 unspecified atom stereocenters. The lowest BCUT2D eigenvalue weighted by molar-refractivity contribution is -0.136. The molecule has 5 amide bonds. The van der Waals surface area contributed by atoms with E-state index in [1.54, 1.807) is 36.4 Å². The number of nitrogens with one attached hydrogen (secondary N) is 3. The van der Waals surface area contributed by atoms with E-state index in [-0.39, 0.29) is 42.0 Å². The molecule has 1 aliphatic carbocycles. The molecule has 1 saturated carbocycles. The van der Waals surface area contributed by atoms with Gasteiger partial charge in [-0.05, 0) is 106 Å². The summed E-state index contributed by atoms with van der Waals surface area (Å²) in [6.07, 6.45) is 6.66. The van der Waals surface area contributed by atoms with Crippen molar-refractivity contribution < 1.29 is 28.7 Å². The van der Waals surface area contributed by atoms with Crippen LogP contribution in [0.2, 0.25) is 5.02 Å². The van der Waals surface area contributed by atoms with Crippen LogP contribution < -0.4 is 25.6 Å². The van der Waals surface area contributed by atoms with Crippen LogP contribution >= 0.6 is 11.6 Å². The number of rotatable bonds is 13. The molecule has 7 rings (SSSR count). The Morgan fingerprint density at radius 3 is 2.32 bits per heavy atom. The molecule has 3 aliphatic heterocycles. The Morgan fingerprint density at radius 1 is 0.857 bits per heavy atom. The number of nitrogens with zero attached hydrogens (tertiary/aromatic N) is 4. The highest BCUT2D eigenvalue weighted by Gasteiger charge is 2.44. The fourth-order valence-corrected chi connectivity index (χ4v) is 8.16. The molecule has 3 heterocycles. The summed E-state index contributed by atoms with van der Waals surface area (Å²) in [7, 11) is 0. The molecule has 0 spiro atoms. The molecule has 3 fully saturated rings. The Labute approximate surface area is 331 Å². The molecule has 14 heteroatoms. The van der Waals surface area contributed by atoms with E-state index < -0.39 is 29.7 Å². The monoisotopic (exact) mass is 779 g/mol. The fourth-order valence-electron chi connectivity index (χ4n) is 7.95. The number of ether oxygens (including phenoxy) is 1. The minimum absolute atomic E-state index is 0.0478. The van der Waals surface area contributed by atoms with E-state index in [1.165, 1.54) is 0 Å². The van der Waals surface area contributed by atoms with Gasteiger partial charge in [-0.3, -0.25) is 39.1 Å². The Morgan fingerprint density at radius 2 is 1.61 bits per heavy atom. The molecular formula is C42H46ClN7O6. The highest BCUT2D eigenvalue weighted by atomic mass is 35.5. The number of anilines is 2. The average Bonchev–Trinajstić information content (AvgIpc) is 3.45. The summed E-state index contributed by atoms with van der Waals surface area (Å²) in [5.74, 6) is -1.42. The highest BCUT2D eigenvalue weighted by molar-refractivity contribution is 6.31. The smallest absolute Gasteiger partial charge is 0.262 e. The molecule has 0 aromatic heterocycles. The van der Waals surface area contributed by atoms with Crippen LogP contribution in [0.15, 0.2) is 60.7 Å². The first kappa shape index (κ1) is 38.8.